The molecular weight excluding hydrogens is 256 g/mol. The van der Waals surface area contributed by atoms with Crippen LogP contribution in [0.1, 0.15) is 24.5 Å². The molecule has 0 saturated carbocycles. The molecule has 1 N–H and O–H groups in total. The lowest BCUT2D eigenvalue weighted by Crippen LogP contribution is -2.17. The van der Waals surface area contributed by atoms with Gasteiger partial charge in [0.15, 0.2) is 0 Å². The van der Waals surface area contributed by atoms with E-state index >= 15 is 0 Å². The Morgan fingerprint density at radius 3 is 2.33 bits per heavy atom. The SMILES string of the molecule is CCCS(=O)(=O)Nc1cc(C)c(C)cc1[N+](=O)[O-]. The maximum absolute atomic E-state index is 11.6. The first-order chi connectivity index (χ1) is 8.26. The lowest BCUT2D eigenvalue weighted by molar-refractivity contribution is -0.383. The number of nitro benzene ring substituents is 1. The predicted molar refractivity (Wildman–Crippen MR) is 70.3 cm³/mol. The lowest BCUT2D eigenvalue weighted by Gasteiger charge is -2.09. The number of rotatable bonds is 5. The minimum absolute atomic E-state index is 0.0246. The Morgan fingerprint density at radius 1 is 1.28 bits per heavy atom. The number of benzene rings is 1. The molecule has 0 aliphatic rings. The van der Waals surface area contributed by atoms with Crippen molar-refractivity contribution in [3.05, 3.63) is 33.4 Å². The second-order valence-corrected chi connectivity index (χ2v) is 5.97. The van der Waals surface area contributed by atoms with Gasteiger partial charge in [0.25, 0.3) is 5.69 Å². The standard InChI is InChI=1S/C11H16N2O4S/c1-4-5-18(16,17)12-10-6-8(2)9(3)7-11(10)13(14)15/h6-7,12H,4-5H2,1-3H3. The van der Waals surface area contributed by atoms with E-state index in [1.807, 2.05) is 0 Å². The monoisotopic (exact) mass is 272 g/mol. The third kappa shape index (κ3) is 3.43. The molecule has 0 aliphatic heterocycles. The summed E-state index contributed by atoms with van der Waals surface area (Å²) in [6.07, 6.45) is 0.452. The van der Waals surface area contributed by atoms with Crippen LogP contribution in [-0.2, 0) is 10.0 Å². The molecule has 0 unspecified atom stereocenters. The van der Waals surface area contributed by atoms with Crippen LogP contribution < -0.4 is 4.72 Å². The number of anilines is 1. The van der Waals surface area contributed by atoms with Crippen LogP contribution in [0.15, 0.2) is 12.1 Å². The highest BCUT2D eigenvalue weighted by Crippen LogP contribution is 2.28. The quantitative estimate of drug-likeness (QED) is 0.658. The molecule has 0 heterocycles. The molecule has 7 heteroatoms. The summed E-state index contributed by atoms with van der Waals surface area (Å²) in [7, 11) is -3.52. The molecule has 1 aromatic carbocycles. The molecule has 0 bridgehead atoms. The van der Waals surface area contributed by atoms with Crippen LogP contribution in [-0.4, -0.2) is 19.1 Å². The molecule has 100 valence electrons. The Labute approximate surface area is 106 Å². The normalized spacial score (nSPS) is 11.3. The fourth-order valence-electron chi connectivity index (χ4n) is 1.52. The van der Waals surface area contributed by atoms with Crippen LogP contribution in [0.2, 0.25) is 0 Å². The van der Waals surface area contributed by atoms with E-state index in [9.17, 15) is 18.5 Å². The van der Waals surface area contributed by atoms with Gasteiger partial charge >= 0.3 is 0 Å². The molecule has 1 rings (SSSR count). The average Bonchev–Trinajstić information content (AvgIpc) is 2.22. The van der Waals surface area contributed by atoms with Gasteiger partial charge in [0.2, 0.25) is 10.0 Å². The van der Waals surface area contributed by atoms with Gasteiger partial charge in [-0.3, -0.25) is 14.8 Å². The first kappa shape index (κ1) is 14.4. The zero-order chi connectivity index (χ0) is 13.9. The molecule has 0 saturated heterocycles. The second-order valence-electron chi connectivity index (χ2n) is 4.13. The molecule has 0 radical (unpaired) electrons. The lowest BCUT2D eigenvalue weighted by atomic mass is 10.1. The van der Waals surface area contributed by atoms with Crippen molar-refractivity contribution in [1.82, 2.24) is 0 Å². The molecule has 0 atom stereocenters. The van der Waals surface area contributed by atoms with Gasteiger partial charge in [-0.05, 0) is 37.5 Å². The minimum Gasteiger partial charge on any atom is -0.277 e. The van der Waals surface area contributed by atoms with Crippen molar-refractivity contribution < 1.29 is 13.3 Å². The van der Waals surface area contributed by atoms with Crippen LogP contribution in [0.3, 0.4) is 0 Å². The summed E-state index contributed by atoms with van der Waals surface area (Å²) in [4.78, 5) is 10.3. The van der Waals surface area contributed by atoms with Gasteiger partial charge in [-0.2, -0.15) is 0 Å². The van der Waals surface area contributed by atoms with E-state index in [-0.39, 0.29) is 17.1 Å². The van der Waals surface area contributed by atoms with Crippen LogP contribution in [0.5, 0.6) is 0 Å². The molecule has 18 heavy (non-hydrogen) atoms. The summed E-state index contributed by atoms with van der Waals surface area (Å²) in [6, 6.07) is 2.86. The van der Waals surface area contributed by atoms with Crippen LogP contribution in [0, 0.1) is 24.0 Å². The Bertz CT molecular complexity index is 567. The fourth-order valence-corrected chi connectivity index (χ4v) is 2.66. The number of hydrogen-bond donors (Lipinski definition) is 1. The highest BCUT2D eigenvalue weighted by Gasteiger charge is 2.19. The van der Waals surface area contributed by atoms with Crippen molar-refractivity contribution in [3.8, 4) is 0 Å². The zero-order valence-corrected chi connectivity index (χ0v) is 11.4. The maximum atomic E-state index is 11.6. The minimum atomic E-state index is -3.52. The van der Waals surface area contributed by atoms with Gasteiger partial charge < -0.3 is 0 Å². The Morgan fingerprint density at radius 2 is 1.83 bits per heavy atom. The summed E-state index contributed by atoms with van der Waals surface area (Å²) in [5.74, 6) is -0.0585. The van der Waals surface area contributed by atoms with Crippen molar-refractivity contribution in [1.29, 1.82) is 0 Å². The van der Waals surface area contributed by atoms with Gasteiger partial charge in [0.05, 0.1) is 10.7 Å². The van der Waals surface area contributed by atoms with E-state index in [1.165, 1.54) is 12.1 Å². The first-order valence-electron chi connectivity index (χ1n) is 5.53. The number of hydrogen-bond acceptors (Lipinski definition) is 4. The van der Waals surface area contributed by atoms with Crippen LogP contribution in [0.25, 0.3) is 0 Å². The highest BCUT2D eigenvalue weighted by atomic mass is 32.2. The first-order valence-corrected chi connectivity index (χ1v) is 7.18. The third-order valence-electron chi connectivity index (χ3n) is 2.55. The molecule has 1 aromatic rings. The Kier molecular flexibility index (Phi) is 4.28. The molecule has 0 aliphatic carbocycles. The number of sulfonamides is 1. The predicted octanol–water partition coefficient (Wildman–Crippen LogP) is 2.36. The van der Waals surface area contributed by atoms with Crippen molar-refractivity contribution >= 4 is 21.4 Å². The third-order valence-corrected chi connectivity index (χ3v) is 4.02. The van der Waals surface area contributed by atoms with E-state index in [1.54, 1.807) is 20.8 Å². The molecule has 0 spiro atoms. The molecule has 0 amide bonds. The van der Waals surface area contributed by atoms with E-state index < -0.39 is 14.9 Å². The molecular formula is C11H16N2O4S. The van der Waals surface area contributed by atoms with Crippen molar-refractivity contribution in [2.24, 2.45) is 0 Å². The number of nitrogens with one attached hydrogen (secondary N) is 1. The van der Waals surface area contributed by atoms with Gasteiger partial charge in [-0.25, -0.2) is 8.42 Å². The maximum Gasteiger partial charge on any atom is 0.293 e. The average molecular weight is 272 g/mol. The van der Waals surface area contributed by atoms with Gasteiger partial charge in [0.1, 0.15) is 5.69 Å². The van der Waals surface area contributed by atoms with Crippen LogP contribution >= 0.6 is 0 Å². The fraction of sp³-hybridized carbons (Fsp3) is 0.455. The number of aryl methyl sites for hydroxylation is 2. The van der Waals surface area contributed by atoms with Gasteiger partial charge in [-0.15, -0.1) is 0 Å². The number of nitrogens with zero attached hydrogens (tertiary/aromatic N) is 1. The van der Waals surface area contributed by atoms with E-state index in [2.05, 4.69) is 4.72 Å². The molecule has 6 nitrogen and oxygen atoms in total. The van der Waals surface area contributed by atoms with Crippen molar-refractivity contribution in [3.63, 3.8) is 0 Å². The van der Waals surface area contributed by atoms with Gasteiger partial charge in [-0.1, -0.05) is 6.92 Å². The molecule has 0 fully saturated rings. The zero-order valence-electron chi connectivity index (χ0n) is 10.6. The topological polar surface area (TPSA) is 89.3 Å². The van der Waals surface area contributed by atoms with E-state index in [4.69, 9.17) is 0 Å². The van der Waals surface area contributed by atoms with Crippen LogP contribution in [0.4, 0.5) is 11.4 Å². The Hall–Kier alpha value is -1.63. The summed E-state index contributed by atoms with van der Waals surface area (Å²) in [5, 5.41) is 10.9. The summed E-state index contributed by atoms with van der Waals surface area (Å²) in [6.45, 7) is 5.25. The second kappa shape index (κ2) is 5.34. The Balaban J connectivity index is 3.23. The van der Waals surface area contributed by atoms with E-state index in [0.717, 1.165) is 11.1 Å². The van der Waals surface area contributed by atoms with E-state index in [0.29, 0.717) is 6.42 Å². The summed E-state index contributed by atoms with van der Waals surface area (Å²) in [5.41, 5.74) is 1.35. The smallest absolute Gasteiger partial charge is 0.277 e. The summed E-state index contributed by atoms with van der Waals surface area (Å²) < 4.78 is 25.5. The molecule has 0 aromatic heterocycles. The number of nitro groups is 1. The van der Waals surface area contributed by atoms with Crippen molar-refractivity contribution in [2.45, 2.75) is 27.2 Å². The largest absolute Gasteiger partial charge is 0.293 e. The van der Waals surface area contributed by atoms with Crippen molar-refractivity contribution in [2.75, 3.05) is 10.5 Å². The summed E-state index contributed by atoms with van der Waals surface area (Å²) >= 11 is 0. The highest BCUT2D eigenvalue weighted by molar-refractivity contribution is 7.92. The van der Waals surface area contributed by atoms with Gasteiger partial charge in [0, 0.05) is 6.07 Å².